The van der Waals surface area contributed by atoms with Crippen molar-refractivity contribution in [2.24, 2.45) is 11.8 Å². The normalized spacial score (nSPS) is 25.4. The number of hydrogen-bond acceptors (Lipinski definition) is 5. The zero-order chi connectivity index (χ0) is 21.9. The van der Waals surface area contributed by atoms with Gasteiger partial charge in [-0.25, -0.2) is 4.98 Å². The maximum atomic E-state index is 12.9. The van der Waals surface area contributed by atoms with Gasteiger partial charge in [0.2, 0.25) is 5.91 Å². The highest BCUT2D eigenvalue weighted by Gasteiger charge is 2.42. The van der Waals surface area contributed by atoms with E-state index < -0.39 is 0 Å². The van der Waals surface area contributed by atoms with Crippen molar-refractivity contribution in [1.82, 2.24) is 9.88 Å². The van der Waals surface area contributed by atoms with Gasteiger partial charge in [-0.05, 0) is 51.0 Å². The van der Waals surface area contributed by atoms with Crippen molar-refractivity contribution in [1.29, 1.82) is 5.26 Å². The van der Waals surface area contributed by atoms with Crippen LogP contribution in [-0.2, 0) is 22.6 Å². The second kappa shape index (κ2) is 7.48. The number of hydrogen-bond donors (Lipinski definition) is 0. The molecular weight excluding hydrogens is 388 g/mol. The molecule has 4 aliphatic rings. The number of ether oxygens (including phenoxy) is 1. The molecule has 2 aliphatic carbocycles. The summed E-state index contributed by atoms with van der Waals surface area (Å²) in [6.45, 7) is 11.4. The first-order valence-corrected chi connectivity index (χ1v) is 11.9. The van der Waals surface area contributed by atoms with Crippen LogP contribution in [0.1, 0.15) is 81.7 Å². The molecule has 2 saturated carbocycles. The number of nitriles is 1. The van der Waals surface area contributed by atoms with Gasteiger partial charge in [0.15, 0.2) is 0 Å². The lowest BCUT2D eigenvalue weighted by Crippen LogP contribution is -2.58. The van der Waals surface area contributed by atoms with Crippen LogP contribution in [0.3, 0.4) is 0 Å². The minimum Gasteiger partial charge on any atom is -0.370 e. The first-order chi connectivity index (χ1) is 14.8. The lowest BCUT2D eigenvalue weighted by atomic mass is 9.87. The van der Waals surface area contributed by atoms with Crippen molar-refractivity contribution in [3.63, 3.8) is 0 Å². The summed E-state index contributed by atoms with van der Waals surface area (Å²) < 4.78 is 6.11. The van der Waals surface area contributed by atoms with Crippen molar-refractivity contribution in [2.75, 3.05) is 24.5 Å². The highest BCUT2D eigenvalue weighted by atomic mass is 16.5. The Morgan fingerprint density at radius 1 is 1.19 bits per heavy atom. The predicted molar refractivity (Wildman–Crippen MR) is 119 cm³/mol. The summed E-state index contributed by atoms with van der Waals surface area (Å²) >= 11 is 0. The zero-order valence-corrected chi connectivity index (χ0v) is 19.3. The number of pyridine rings is 1. The number of carbonyl (C=O) groups excluding carboxylic acids is 1. The van der Waals surface area contributed by atoms with Crippen molar-refractivity contribution >= 4 is 11.7 Å². The summed E-state index contributed by atoms with van der Waals surface area (Å²) in [5.41, 5.74) is 3.90. The molecule has 1 unspecified atom stereocenters. The van der Waals surface area contributed by atoms with Crippen molar-refractivity contribution < 1.29 is 9.53 Å². The van der Waals surface area contributed by atoms with E-state index in [1.165, 1.54) is 12.8 Å². The summed E-state index contributed by atoms with van der Waals surface area (Å²) in [4.78, 5) is 22.4. The Labute approximate surface area is 185 Å². The quantitative estimate of drug-likeness (QED) is 0.739. The third-order valence-corrected chi connectivity index (χ3v) is 7.41. The molecule has 1 amide bonds. The highest BCUT2D eigenvalue weighted by molar-refractivity contribution is 5.81. The minimum absolute atomic E-state index is 0.162. The number of fused-ring (bicyclic) bond motifs is 1. The molecular formula is C25H34N4O2. The summed E-state index contributed by atoms with van der Waals surface area (Å²) in [6, 6.07) is 2.67. The van der Waals surface area contributed by atoms with E-state index >= 15 is 0 Å². The van der Waals surface area contributed by atoms with E-state index in [-0.39, 0.29) is 17.6 Å². The number of amides is 1. The van der Waals surface area contributed by atoms with Gasteiger partial charge in [-0.2, -0.15) is 5.26 Å². The Morgan fingerprint density at radius 3 is 2.55 bits per heavy atom. The van der Waals surface area contributed by atoms with Gasteiger partial charge in [-0.3, -0.25) is 4.79 Å². The van der Waals surface area contributed by atoms with Crippen LogP contribution in [0, 0.1) is 23.2 Å². The van der Waals surface area contributed by atoms with Gasteiger partial charge in [-0.15, -0.1) is 0 Å². The first kappa shape index (κ1) is 20.8. The summed E-state index contributed by atoms with van der Waals surface area (Å²) in [7, 11) is 0. The Kier molecular flexibility index (Phi) is 5.01. The maximum absolute atomic E-state index is 12.9. The molecule has 166 valence electrons. The second-order valence-corrected chi connectivity index (χ2v) is 10.8. The average Bonchev–Trinajstić information content (AvgIpc) is 3.63. The maximum Gasteiger partial charge on any atom is 0.226 e. The largest absolute Gasteiger partial charge is 0.370 e. The molecule has 6 nitrogen and oxygen atoms in total. The van der Waals surface area contributed by atoms with Gasteiger partial charge < -0.3 is 14.5 Å². The molecule has 1 saturated heterocycles. The topological polar surface area (TPSA) is 69.5 Å². The van der Waals surface area contributed by atoms with Crippen molar-refractivity contribution in [3.8, 4) is 6.07 Å². The molecule has 1 aromatic heterocycles. The summed E-state index contributed by atoms with van der Waals surface area (Å²) in [5, 5.41) is 10.2. The molecule has 3 fully saturated rings. The van der Waals surface area contributed by atoms with Crippen LogP contribution in [0.2, 0.25) is 0 Å². The number of piperazine rings is 1. The van der Waals surface area contributed by atoms with Crippen LogP contribution in [-0.4, -0.2) is 47.1 Å². The fourth-order valence-corrected chi connectivity index (χ4v) is 5.23. The highest BCUT2D eigenvalue weighted by Crippen LogP contribution is 2.46. The number of rotatable bonds is 4. The molecule has 1 atom stereocenters. The molecule has 5 rings (SSSR count). The van der Waals surface area contributed by atoms with Crippen LogP contribution < -0.4 is 4.90 Å². The molecule has 0 aromatic carbocycles. The molecule has 1 aromatic rings. The molecule has 3 heterocycles. The molecule has 0 spiro atoms. The molecule has 0 bridgehead atoms. The van der Waals surface area contributed by atoms with Gasteiger partial charge in [0.25, 0.3) is 0 Å². The van der Waals surface area contributed by atoms with Crippen LogP contribution in [0.4, 0.5) is 5.82 Å². The second-order valence-electron chi connectivity index (χ2n) is 10.8. The van der Waals surface area contributed by atoms with Crippen LogP contribution in [0.15, 0.2) is 0 Å². The van der Waals surface area contributed by atoms with E-state index in [2.05, 4.69) is 43.6 Å². The van der Waals surface area contributed by atoms with E-state index in [9.17, 15) is 10.1 Å². The zero-order valence-electron chi connectivity index (χ0n) is 19.3. The Bertz CT molecular complexity index is 940. The van der Waals surface area contributed by atoms with E-state index in [0.29, 0.717) is 24.3 Å². The number of nitrogens with zero attached hydrogens (tertiary/aromatic N) is 4. The minimum atomic E-state index is -0.270. The fraction of sp³-hybridized carbons (Fsp3) is 0.720. The Balaban J connectivity index is 1.52. The van der Waals surface area contributed by atoms with Gasteiger partial charge >= 0.3 is 0 Å². The molecule has 6 heteroatoms. The Hall–Kier alpha value is -2.13. The summed E-state index contributed by atoms with van der Waals surface area (Å²) in [6.07, 6.45) is 5.17. The van der Waals surface area contributed by atoms with E-state index in [0.717, 1.165) is 67.1 Å². The molecule has 0 N–H and O–H groups in total. The van der Waals surface area contributed by atoms with Crippen molar-refractivity contribution in [2.45, 2.75) is 84.0 Å². The molecule has 0 radical (unpaired) electrons. The summed E-state index contributed by atoms with van der Waals surface area (Å²) in [5.74, 6) is 2.28. The molecule has 2 aliphatic heterocycles. The number of carbonyl (C=O) groups is 1. The number of aromatic nitrogens is 1. The van der Waals surface area contributed by atoms with Crippen LogP contribution in [0.25, 0.3) is 0 Å². The third kappa shape index (κ3) is 3.82. The predicted octanol–water partition coefficient (Wildman–Crippen LogP) is 3.77. The average molecular weight is 423 g/mol. The van der Waals surface area contributed by atoms with E-state index in [1.54, 1.807) is 0 Å². The van der Waals surface area contributed by atoms with Crippen LogP contribution >= 0.6 is 0 Å². The molecule has 31 heavy (non-hydrogen) atoms. The van der Waals surface area contributed by atoms with Gasteiger partial charge in [0.1, 0.15) is 11.9 Å². The van der Waals surface area contributed by atoms with Gasteiger partial charge in [0.05, 0.1) is 29.5 Å². The lowest BCUT2D eigenvalue weighted by molar-refractivity contribution is -0.136. The van der Waals surface area contributed by atoms with E-state index in [1.807, 2.05) is 0 Å². The number of anilines is 1. The lowest BCUT2D eigenvalue weighted by Gasteiger charge is -2.44. The standard InChI is InChI=1S/C25H34N4O2/c1-15(2)21-13-28(9-10-29(21)24(30)17-7-8-17)23-19(12-26)18-11-25(3,4)31-14-20(18)22(27-23)16-5-6-16/h15-17,21H,5-11,13-14H2,1-4H3. The van der Waals surface area contributed by atoms with Gasteiger partial charge in [-0.1, -0.05) is 13.8 Å². The SMILES string of the molecule is CC(C)C1CN(c2nc(C3CC3)c3c(c2C#N)CC(C)(C)OC3)CCN1C(=O)C1CC1. The van der Waals surface area contributed by atoms with E-state index in [4.69, 9.17) is 9.72 Å². The van der Waals surface area contributed by atoms with Gasteiger partial charge in [0, 0.05) is 43.5 Å². The first-order valence-electron chi connectivity index (χ1n) is 11.9. The monoisotopic (exact) mass is 422 g/mol. The van der Waals surface area contributed by atoms with Crippen molar-refractivity contribution in [3.05, 3.63) is 22.4 Å². The van der Waals surface area contributed by atoms with Crippen LogP contribution in [0.5, 0.6) is 0 Å². The Morgan fingerprint density at radius 2 is 1.94 bits per heavy atom. The fourth-order valence-electron chi connectivity index (χ4n) is 5.23. The smallest absolute Gasteiger partial charge is 0.226 e. The third-order valence-electron chi connectivity index (χ3n) is 7.41.